The molecular weight excluding hydrogens is 234 g/mol. The van der Waals surface area contributed by atoms with E-state index in [4.69, 9.17) is 9.47 Å². The van der Waals surface area contributed by atoms with Crippen LogP contribution in [0.2, 0.25) is 0 Å². The maximum Gasteiger partial charge on any atom is 0.407 e. The van der Waals surface area contributed by atoms with E-state index in [1.54, 1.807) is 0 Å². The number of carbonyl (C=O) groups excluding carboxylic acids is 2. The van der Waals surface area contributed by atoms with Crippen molar-refractivity contribution < 1.29 is 19.1 Å². The first-order valence-electron chi connectivity index (χ1n) is 5.88. The molecule has 0 saturated carbocycles. The maximum absolute atomic E-state index is 11.4. The van der Waals surface area contributed by atoms with E-state index in [-0.39, 0.29) is 18.7 Å². The normalized spacial score (nSPS) is 18.2. The molecule has 0 aliphatic carbocycles. The minimum absolute atomic E-state index is 0.209. The number of hydrogen-bond donors (Lipinski definition) is 1. The van der Waals surface area contributed by atoms with Gasteiger partial charge in [-0.25, -0.2) is 4.79 Å². The van der Waals surface area contributed by atoms with Gasteiger partial charge in [-0.05, 0) is 12.0 Å². The van der Waals surface area contributed by atoms with Gasteiger partial charge in [-0.3, -0.25) is 4.79 Å². The predicted octanol–water partition coefficient (Wildman–Crippen LogP) is 1.62. The molecule has 1 amide bonds. The fourth-order valence-corrected chi connectivity index (χ4v) is 1.70. The van der Waals surface area contributed by atoms with E-state index in [1.807, 2.05) is 30.3 Å². The zero-order chi connectivity index (χ0) is 12.8. The Morgan fingerprint density at radius 2 is 2.17 bits per heavy atom. The predicted molar refractivity (Wildman–Crippen MR) is 63.7 cm³/mol. The Labute approximate surface area is 105 Å². The lowest BCUT2D eigenvalue weighted by Gasteiger charge is -2.10. The van der Waals surface area contributed by atoms with Crippen LogP contribution >= 0.6 is 0 Å². The molecule has 0 bridgehead atoms. The molecule has 1 aromatic rings. The Bertz CT molecular complexity index is 418. The topological polar surface area (TPSA) is 64.6 Å². The van der Waals surface area contributed by atoms with Gasteiger partial charge in [0.25, 0.3) is 0 Å². The standard InChI is InChI=1S/C13H15NO4/c15-12-7-6-11(18-12)8-14-13(16)17-9-10-4-2-1-3-5-10/h1-5,11H,6-9H2,(H,14,16). The van der Waals surface area contributed by atoms with Crippen LogP contribution in [0.15, 0.2) is 30.3 Å². The molecule has 1 saturated heterocycles. The van der Waals surface area contributed by atoms with Crippen molar-refractivity contribution in [3.63, 3.8) is 0 Å². The van der Waals surface area contributed by atoms with E-state index in [1.165, 1.54) is 0 Å². The van der Waals surface area contributed by atoms with Gasteiger partial charge in [0.05, 0.1) is 6.54 Å². The molecule has 1 fully saturated rings. The van der Waals surface area contributed by atoms with Gasteiger partial charge in [-0.2, -0.15) is 0 Å². The zero-order valence-electron chi connectivity index (χ0n) is 9.93. The third kappa shape index (κ3) is 3.76. The quantitative estimate of drug-likeness (QED) is 0.823. The van der Waals surface area contributed by atoms with Crippen LogP contribution in [0.1, 0.15) is 18.4 Å². The van der Waals surface area contributed by atoms with Crippen LogP contribution in [0.4, 0.5) is 4.79 Å². The number of ether oxygens (including phenoxy) is 2. The molecule has 1 aliphatic heterocycles. The van der Waals surface area contributed by atoms with Crippen LogP contribution in [0.5, 0.6) is 0 Å². The summed E-state index contributed by atoms with van der Waals surface area (Å²) in [4.78, 5) is 22.2. The highest BCUT2D eigenvalue weighted by Crippen LogP contribution is 2.12. The van der Waals surface area contributed by atoms with Crippen molar-refractivity contribution >= 4 is 12.1 Å². The van der Waals surface area contributed by atoms with Crippen molar-refractivity contribution in [1.29, 1.82) is 0 Å². The summed E-state index contributed by atoms with van der Waals surface area (Å²) < 4.78 is 9.99. The SMILES string of the molecule is O=C1CCC(CNC(=O)OCc2ccccc2)O1. The number of alkyl carbamates (subject to hydrolysis) is 1. The van der Waals surface area contributed by atoms with E-state index < -0.39 is 6.09 Å². The number of rotatable bonds is 4. The second-order valence-electron chi connectivity index (χ2n) is 4.09. The minimum atomic E-state index is -0.498. The van der Waals surface area contributed by atoms with Gasteiger partial charge in [0.15, 0.2) is 0 Å². The molecule has 1 unspecified atom stereocenters. The molecule has 1 atom stereocenters. The summed E-state index contributed by atoms with van der Waals surface area (Å²) in [7, 11) is 0. The average Bonchev–Trinajstić information content (AvgIpc) is 2.81. The van der Waals surface area contributed by atoms with Gasteiger partial charge in [0.1, 0.15) is 12.7 Å². The highest BCUT2D eigenvalue weighted by Gasteiger charge is 2.23. The van der Waals surface area contributed by atoms with Crippen molar-refractivity contribution in [3.8, 4) is 0 Å². The molecule has 1 N–H and O–H groups in total. The number of benzene rings is 1. The Kier molecular flexibility index (Phi) is 4.17. The maximum atomic E-state index is 11.4. The van der Waals surface area contributed by atoms with Crippen molar-refractivity contribution in [1.82, 2.24) is 5.32 Å². The van der Waals surface area contributed by atoms with E-state index in [9.17, 15) is 9.59 Å². The van der Waals surface area contributed by atoms with Crippen LogP contribution in [0, 0.1) is 0 Å². The number of carbonyl (C=O) groups is 2. The van der Waals surface area contributed by atoms with Gasteiger partial charge < -0.3 is 14.8 Å². The molecule has 0 radical (unpaired) electrons. The van der Waals surface area contributed by atoms with Gasteiger partial charge in [-0.15, -0.1) is 0 Å². The first kappa shape index (κ1) is 12.4. The Morgan fingerprint density at radius 1 is 1.39 bits per heavy atom. The van der Waals surface area contributed by atoms with Gasteiger partial charge >= 0.3 is 12.1 Å². The zero-order valence-corrected chi connectivity index (χ0v) is 9.93. The average molecular weight is 249 g/mol. The smallest absolute Gasteiger partial charge is 0.407 e. The molecule has 1 heterocycles. The Morgan fingerprint density at radius 3 is 2.83 bits per heavy atom. The summed E-state index contributed by atoms with van der Waals surface area (Å²) in [6, 6.07) is 9.43. The fourth-order valence-electron chi connectivity index (χ4n) is 1.70. The summed E-state index contributed by atoms with van der Waals surface area (Å²) in [6.45, 7) is 0.538. The lowest BCUT2D eigenvalue weighted by Crippen LogP contribution is -2.32. The monoisotopic (exact) mass is 249 g/mol. The fraction of sp³-hybridized carbons (Fsp3) is 0.385. The van der Waals surface area contributed by atoms with E-state index >= 15 is 0 Å². The number of esters is 1. The largest absolute Gasteiger partial charge is 0.460 e. The third-order valence-corrected chi connectivity index (χ3v) is 2.66. The lowest BCUT2D eigenvalue weighted by atomic mass is 10.2. The van der Waals surface area contributed by atoms with Crippen molar-refractivity contribution in [2.45, 2.75) is 25.6 Å². The van der Waals surface area contributed by atoms with Crippen molar-refractivity contribution in [2.24, 2.45) is 0 Å². The second-order valence-corrected chi connectivity index (χ2v) is 4.09. The molecule has 5 heteroatoms. The van der Waals surface area contributed by atoms with Gasteiger partial charge in [-0.1, -0.05) is 30.3 Å². The summed E-state index contributed by atoms with van der Waals surface area (Å²) >= 11 is 0. The molecule has 96 valence electrons. The highest BCUT2D eigenvalue weighted by molar-refractivity contribution is 5.72. The van der Waals surface area contributed by atoms with Crippen LogP contribution in [-0.4, -0.2) is 24.7 Å². The molecule has 5 nitrogen and oxygen atoms in total. The minimum Gasteiger partial charge on any atom is -0.460 e. The molecule has 1 aliphatic rings. The Hall–Kier alpha value is -2.04. The number of hydrogen-bond acceptors (Lipinski definition) is 4. The van der Waals surface area contributed by atoms with E-state index in [0.29, 0.717) is 19.4 Å². The summed E-state index contributed by atoms with van der Waals surface area (Å²) in [5.41, 5.74) is 0.931. The lowest BCUT2D eigenvalue weighted by molar-refractivity contribution is -0.141. The van der Waals surface area contributed by atoms with Gasteiger partial charge in [0, 0.05) is 6.42 Å². The van der Waals surface area contributed by atoms with Crippen LogP contribution in [-0.2, 0) is 20.9 Å². The van der Waals surface area contributed by atoms with E-state index in [2.05, 4.69) is 5.32 Å². The van der Waals surface area contributed by atoms with Crippen LogP contribution in [0.3, 0.4) is 0 Å². The number of cyclic esters (lactones) is 1. The van der Waals surface area contributed by atoms with Crippen molar-refractivity contribution in [2.75, 3.05) is 6.54 Å². The first-order valence-corrected chi connectivity index (χ1v) is 5.88. The third-order valence-electron chi connectivity index (χ3n) is 2.66. The van der Waals surface area contributed by atoms with Crippen LogP contribution < -0.4 is 5.32 Å². The van der Waals surface area contributed by atoms with Crippen LogP contribution in [0.25, 0.3) is 0 Å². The van der Waals surface area contributed by atoms with Gasteiger partial charge in [0.2, 0.25) is 0 Å². The molecule has 2 rings (SSSR count). The highest BCUT2D eigenvalue weighted by atomic mass is 16.6. The van der Waals surface area contributed by atoms with Crippen molar-refractivity contribution in [3.05, 3.63) is 35.9 Å². The molecular formula is C13H15NO4. The summed E-state index contributed by atoms with van der Waals surface area (Å²) in [6.07, 6.45) is 0.354. The number of amides is 1. The molecule has 1 aromatic carbocycles. The van der Waals surface area contributed by atoms with E-state index in [0.717, 1.165) is 5.56 Å². The molecule has 18 heavy (non-hydrogen) atoms. The summed E-state index contributed by atoms with van der Waals surface area (Å²) in [5.74, 6) is -0.209. The Balaban J connectivity index is 1.65. The summed E-state index contributed by atoms with van der Waals surface area (Å²) in [5, 5.41) is 2.58. The molecule has 0 spiro atoms. The molecule has 0 aromatic heterocycles. The first-order chi connectivity index (χ1) is 8.74. The number of nitrogens with one attached hydrogen (secondary N) is 1. The second kappa shape index (κ2) is 6.05.